The van der Waals surface area contributed by atoms with Crippen LogP contribution in [0.25, 0.3) is 0 Å². The molecule has 0 aliphatic carbocycles. The predicted octanol–water partition coefficient (Wildman–Crippen LogP) is 2.97. The molecule has 0 radical (unpaired) electrons. The van der Waals surface area contributed by atoms with Crippen LogP contribution < -0.4 is 10.6 Å². The molecular weight excluding hydrogens is 271 g/mol. The van der Waals surface area contributed by atoms with E-state index in [0.717, 1.165) is 5.56 Å². The van der Waals surface area contributed by atoms with Crippen LogP contribution in [0.3, 0.4) is 0 Å². The number of carbonyl (C=O) groups excluding carboxylic acids is 2. The van der Waals surface area contributed by atoms with Gasteiger partial charge in [0.25, 0.3) is 0 Å². The summed E-state index contributed by atoms with van der Waals surface area (Å²) in [7, 11) is 0. The van der Waals surface area contributed by atoms with E-state index >= 15 is 0 Å². The highest BCUT2D eigenvalue weighted by Gasteiger charge is 2.09. The third-order valence-electron chi connectivity index (χ3n) is 2.77. The highest BCUT2D eigenvalue weighted by molar-refractivity contribution is 5.94. The van der Waals surface area contributed by atoms with E-state index in [0.29, 0.717) is 5.69 Å². The van der Waals surface area contributed by atoms with Crippen molar-refractivity contribution in [3.05, 3.63) is 59.9 Å². The van der Waals surface area contributed by atoms with Gasteiger partial charge in [0, 0.05) is 12.6 Å². The summed E-state index contributed by atoms with van der Waals surface area (Å²) in [6.07, 6.45) is 0.157. The van der Waals surface area contributed by atoms with Gasteiger partial charge in [-0.1, -0.05) is 30.3 Å². The number of hydrogen-bond acceptors (Lipinski definition) is 2. The van der Waals surface area contributed by atoms with Crippen molar-refractivity contribution in [2.75, 3.05) is 10.6 Å². The Balaban J connectivity index is 2.07. The first-order valence-corrected chi connectivity index (χ1v) is 6.45. The van der Waals surface area contributed by atoms with Crippen LogP contribution in [0, 0.1) is 5.82 Å². The number of hydrogen-bond donors (Lipinski definition) is 2. The molecule has 0 saturated carbocycles. The fourth-order valence-electron chi connectivity index (χ4n) is 1.88. The molecule has 0 fully saturated rings. The topological polar surface area (TPSA) is 58.2 Å². The molecule has 2 rings (SSSR count). The van der Waals surface area contributed by atoms with Gasteiger partial charge in [0.2, 0.25) is 11.8 Å². The summed E-state index contributed by atoms with van der Waals surface area (Å²) < 4.78 is 13.7. The van der Waals surface area contributed by atoms with Crippen LogP contribution in [0.5, 0.6) is 0 Å². The lowest BCUT2D eigenvalue weighted by Crippen LogP contribution is -2.16. The largest absolute Gasteiger partial charge is 0.326 e. The fraction of sp³-hybridized carbons (Fsp3) is 0.125. The average Bonchev–Trinajstić information content (AvgIpc) is 2.43. The molecule has 0 unspecified atom stereocenters. The molecule has 0 saturated heterocycles. The van der Waals surface area contributed by atoms with Gasteiger partial charge in [0.05, 0.1) is 12.1 Å². The van der Waals surface area contributed by atoms with Crippen LogP contribution in [0.1, 0.15) is 12.5 Å². The van der Waals surface area contributed by atoms with Crippen LogP contribution in [-0.4, -0.2) is 11.8 Å². The van der Waals surface area contributed by atoms with E-state index in [1.54, 1.807) is 0 Å². The molecule has 0 aromatic heterocycles. The van der Waals surface area contributed by atoms with E-state index in [1.165, 1.54) is 25.1 Å². The lowest BCUT2D eigenvalue weighted by Gasteiger charge is -2.09. The van der Waals surface area contributed by atoms with E-state index in [1.807, 2.05) is 30.3 Å². The molecule has 0 atom stereocenters. The third-order valence-corrected chi connectivity index (χ3v) is 2.77. The van der Waals surface area contributed by atoms with Crippen molar-refractivity contribution >= 4 is 23.2 Å². The monoisotopic (exact) mass is 286 g/mol. The number of rotatable bonds is 4. The summed E-state index contributed by atoms with van der Waals surface area (Å²) in [6, 6.07) is 13.2. The van der Waals surface area contributed by atoms with Gasteiger partial charge >= 0.3 is 0 Å². The third kappa shape index (κ3) is 4.42. The normalized spacial score (nSPS) is 10.0. The Hall–Kier alpha value is -2.69. The van der Waals surface area contributed by atoms with Gasteiger partial charge in [-0.2, -0.15) is 0 Å². The van der Waals surface area contributed by atoms with Gasteiger partial charge in [-0.05, 0) is 23.8 Å². The zero-order valence-corrected chi connectivity index (χ0v) is 11.5. The first-order valence-electron chi connectivity index (χ1n) is 6.45. The molecule has 4 nitrogen and oxygen atoms in total. The van der Waals surface area contributed by atoms with Crippen LogP contribution in [0.4, 0.5) is 15.8 Å². The van der Waals surface area contributed by atoms with Crippen LogP contribution in [-0.2, 0) is 16.0 Å². The van der Waals surface area contributed by atoms with Gasteiger partial charge < -0.3 is 10.6 Å². The second-order valence-corrected chi connectivity index (χ2v) is 4.59. The quantitative estimate of drug-likeness (QED) is 0.907. The summed E-state index contributed by atoms with van der Waals surface area (Å²) in [4.78, 5) is 22.9. The molecule has 2 aromatic carbocycles. The number of halogens is 1. The zero-order chi connectivity index (χ0) is 15.2. The second kappa shape index (κ2) is 6.65. The maximum Gasteiger partial charge on any atom is 0.228 e. The first-order chi connectivity index (χ1) is 10.0. The SMILES string of the molecule is CC(=O)Nc1ccc(F)c(NC(=O)Cc2ccccc2)c1. The van der Waals surface area contributed by atoms with Crippen molar-refractivity contribution in [1.82, 2.24) is 0 Å². The first kappa shape index (κ1) is 14.7. The number of amides is 2. The Morgan fingerprint density at radius 2 is 1.76 bits per heavy atom. The average molecular weight is 286 g/mol. The van der Waals surface area contributed by atoms with Crippen LogP contribution >= 0.6 is 0 Å². The highest BCUT2D eigenvalue weighted by atomic mass is 19.1. The highest BCUT2D eigenvalue weighted by Crippen LogP contribution is 2.20. The molecule has 5 heteroatoms. The fourth-order valence-corrected chi connectivity index (χ4v) is 1.88. The summed E-state index contributed by atoms with van der Waals surface area (Å²) >= 11 is 0. The predicted molar refractivity (Wildman–Crippen MR) is 79.5 cm³/mol. The minimum absolute atomic E-state index is 0.0437. The molecular formula is C16H15FN2O2. The zero-order valence-electron chi connectivity index (χ0n) is 11.5. The standard InChI is InChI=1S/C16H15FN2O2/c1-11(20)18-13-7-8-14(17)15(10-13)19-16(21)9-12-5-3-2-4-6-12/h2-8,10H,9H2,1H3,(H,18,20)(H,19,21). The minimum atomic E-state index is -0.550. The summed E-state index contributed by atoms with van der Waals surface area (Å²) in [5.74, 6) is -1.13. The lowest BCUT2D eigenvalue weighted by atomic mass is 10.1. The summed E-state index contributed by atoms with van der Waals surface area (Å²) in [5, 5.41) is 5.05. The van der Waals surface area contributed by atoms with Crippen molar-refractivity contribution in [1.29, 1.82) is 0 Å². The van der Waals surface area contributed by atoms with E-state index in [-0.39, 0.29) is 23.9 Å². The van der Waals surface area contributed by atoms with E-state index in [4.69, 9.17) is 0 Å². The lowest BCUT2D eigenvalue weighted by molar-refractivity contribution is -0.116. The molecule has 2 aromatic rings. The van der Waals surface area contributed by atoms with Gasteiger partial charge in [-0.3, -0.25) is 9.59 Å². The number of nitrogens with one attached hydrogen (secondary N) is 2. The molecule has 0 spiro atoms. The Kier molecular flexibility index (Phi) is 4.66. The van der Waals surface area contributed by atoms with E-state index in [9.17, 15) is 14.0 Å². The van der Waals surface area contributed by atoms with Crippen LogP contribution in [0.15, 0.2) is 48.5 Å². The molecule has 108 valence electrons. The Morgan fingerprint density at radius 1 is 1.05 bits per heavy atom. The number of benzene rings is 2. The molecule has 21 heavy (non-hydrogen) atoms. The Morgan fingerprint density at radius 3 is 2.43 bits per heavy atom. The molecule has 0 aliphatic heterocycles. The van der Waals surface area contributed by atoms with Crippen molar-refractivity contribution < 1.29 is 14.0 Å². The maximum absolute atomic E-state index is 13.7. The minimum Gasteiger partial charge on any atom is -0.326 e. The van der Waals surface area contributed by atoms with Crippen molar-refractivity contribution in [3.63, 3.8) is 0 Å². The number of anilines is 2. The molecule has 0 bridgehead atoms. The molecule has 2 N–H and O–H groups in total. The van der Waals surface area contributed by atoms with Gasteiger partial charge in [0.1, 0.15) is 5.82 Å². The van der Waals surface area contributed by atoms with Crippen molar-refractivity contribution in [2.24, 2.45) is 0 Å². The Bertz CT molecular complexity index is 657. The van der Waals surface area contributed by atoms with Crippen molar-refractivity contribution in [3.8, 4) is 0 Å². The molecule has 0 aliphatic rings. The Labute approximate surface area is 122 Å². The maximum atomic E-state index is 13.7. The van der Waals surface area contributed by atoms with Gasteiger partial charge in [-0.15, -0.1) is 0 Å². The molecule has 0 heterocycles. The van der Waals surface area contributed by atoms with Crippen LogP contribution in [0.2, 0.25) is 0 Å². The summed E-state index contributed by atoms with van der Waals surface area (Å²) in [6.45, 7) is 1.36. The smallest absolute Gasteiger partial charge is 0.228 e. The van der Waals surface area contributed by atoms with E-state index < -0.39 is 5.82 Å². The van der Waals surface area contributed by atoms with Crippen molar-refractivity contribution in [2.45, 2.75) is 13.3 Å². The van der Waals surface area contributed by atoms with Gasteiger partial charge in [-0.25, -0.2) is 4.39 Å². The molecule has 2 amide bonds. The van der Waals surface area contributed by atoms with Gasteiger partial charge in [0.15, 0.2) is 0 Å². The second-order valence-electron chi connectivity index (χ2n) is 4.59. The van der Waals surface area contributed by atoms with E-state index in [2.05, 4.69) is 10.6 Å². The summed E-state index contributed by atoms with van der Waals surface area (Å²) in [5.41, 5.74) is 1.31. The number of carbonyl (C=O) groups is 2.